The van der Waals surface area contributed by atoms with Gasteiger partial charge in [-0.2, -0.15) is 0 Å². The van der Waals surface area contributed by atoms with Gasteiger partial charge in [0.1, 0.15) is 5.75 Å². The van der Waals surface area contributed by atoms with Crippen molar-refractivity contribution >= 4 is 21.4 Å². The van der Waals surface area contributed by atoms with Crippen molar-refractivity contribution in [1.29, 1.82) is 0 Å². The largest absolute Gasteiger partial charge is 0.492 e. The first-order chi connectivity index (χ1) is 10.9. The molecule has 1 unspecified atom stereocenters. The van der Waals surface area contributed by atoms with Gasteiger partial charge in [-0.05, 0) is 43.7 Å². The molecule has 0 saturated heterocycles. The highest BCUT2D eigenvalue weighted by Crippen LogP contribution is 2.28. The number of benzene rings is 2. The van der Waals surface area contributed by atoms with E-state index in [0.29, 0.717) is 12.3 Å². The Balaban J connectivity index is 2.10. The lowest BCUT2D eigenvalue weighted by molar-refractivity contribution is 0.341. The standard InChI is InChI=1S/C17H22N2O3S/c1-4-22-17-8-6-5-7-16(17)18-13(2)14-9-11-15(12-10-14)19-23(3,20)21/h5-13,18-19H,4H2,1-3H3. The van der Waals surface area contributed by atoms with Crippen molar-refractivity contribution in [3.05, 3.63) is 54.1 Å². The van der Waals surface area contributed by atoms with E-state index in [-0.39, 0.29) is 6.04 Å². The Morgan fingerprint density at radius 2 is 1.74 bits per heavy atom. The number of sulfonamides is 1. The summed E-state index contributed by atoms with van der Waals surface area (Å²) in [6.07, 6.45) is 1.13. The number of hydrogen-bond donors (Lipinski definition) is 2. The summed E-state index contributed by atoms with van der Waals surface area (Å²) >= 11 is 0. The minimum absolute atomic E-state index is 0.0592. The molecule has 6 heteroatoms. The van der Waals surface area contributed by atoms with Gasteiger partial charge in [0.05, 0.1) is 18.6 Å². The van der Waals surface area contributed by atoms with Crippen LogP contribution in [0.25, 0.3) is 0 Å². The van der Waals surface area contributed by atoms with Crippen molar-refractivity contribution in [3.8, 4) is 5.75 Å². The van der Waals surface area contributed by atoms with Crippen LogP contribution in [0.5, 0.6) is 5.75 Å². The molecule has 2 N–H and O–H groups in total. The molecule has 0 aliphatic carbocycles. The smallest absolute Gasteiger partial charge is 0.229 e. The van der Waals surface area contributed by atoms with Crippen LogP contribution in [-0.4, -0.2) is 21.3 Å². The molecule has 5 nitrogen and oxygen atoms in total. The molecular weight excluding hydrogens is 312 g/mol. The number of nitrogens with one attached hydrogen (secondary N) is 2. The topological polar surface area (TPSA) is 67.4 Å². The van der Waals surface area contributed by atoms with Gasteiger partial charge in [0.25, 0.3) is 0 Å². The van der Waals surface area contributed by atoms with Crippen LogP contribution < -0.4 is 14.8 Å². The fraction of sp³-hybridized carbons (Fsp3) is 0.294. The normalized spacial score (nSPS) is 12.5. The fourth-order valence-electron chi connectivity index (χ4n) is 2.24. The van der Waals surface area contributed by atoms with Crippen LogP contribution in [0.4, 0.5) is 11.4 Å². The zero-order valence-electron chi connectivity index (χ0n) is 13.5. The third kappa shape index (κ3) is 5.17. The quantitative estimate of drug-likeness (QED) is 0.811. The minimum Gasteiger partial charge on any atom is -0.492 e. The van der Waals surface area contributed by atoms with Crippen LogP contribution in [0, 0.1) is 0 Å². The van der Waals surface area contributed by atoms with Crippen LogP contribution in [0.1, 0.15) is 25.5 Å². The summed E-state index contributed by atoms with van der Waals surface area (Å²) in [5, 5.41) is 3.42. The number of para-hydroxylation sites is 2. The van der Waals surface area contributed by atoms with Crippen LogP contribution in [-0.2, 0) is 10.0 Å². The number of anilines is 2. The zero-order chi connectivity index (χ0) is 16.9. The molecule has 1 atom stereocenters. The van der Waals surface area contributed by atoms with Gasteiger partial charge in [0, 0.05) is 11.7 Å². The Hall–Kier alpha value is -2.21. The first-order valence-electron chi connectivity index (χ1n) is 7.45. The van der Waals surface area contributed by atoms with Crippen LogP contribution in [0.2, 0.25) is 0 Å². The molecule has 0 saturated carbocycles. The lowest BCUT2D eigenvalue weighted by Gasteiger charge is -2.18. The predicted octanol–water partition coefficient (Wildman–Crippen LogP) is 3.63. The maximum absolute atomic E-state index is 11.2. The van der Waals surface area contributed by atoms with Gasteiger partial charge in [-0.25, -0.2) is 8.42 Å². The highest BCUT2D eigenvalue weighted by atomic mass is 32.2. The third-order valence-corrected chi connectivity index (χ3v) is 3.88. The van der Waals surface area contributed by atoms with Crippen molar-refractivity contribution in [3.63, 3.8) is 0 Å². The zero-order valence-corrected chi connectivity index (χ0v) is 14.4. The van der Waals surface area contributed by atoms with Crippen molar-refractivity contribution in [1.82, 2.24) is 0 Å². The van der Waals surface area contributed by atoms with E-state index in [9.17, 15) is 8.42 Å². The molecule has 2 aromatic carbocycles. The molecule has 0 heterocycles. The SMILES string of the molecule is CCOc1ccccc1NC(C)c1ccc(NS(C)(=O)=O)cc1. The maximum atomic E-state index is 11.2. The molecule has 0 aliphatic heterocycles. The number of ether oxygens (including phenoxy) is 1. The van der Waals surface area contributed by atoms with Crippen molar-refractivity contribution in [2.45, 2.75) is 19.9 Å². The average molecular weight is 334 g/mol. The third-order valence-electron chi connectivity index (χ3n) is 3.27. The first kappa shape index (κ1) is 17.1. The Morgan fingerprint density at radius 3 is 2.35 bits per heavy atom. The van der Waals surface area contributed by atoms with E-state index in [4.69, 9.17) is 4.74 Å². The van der Waals surface area contributed by atoms with E-state index >= 15 is 0 Å². The molecule has 2 aromatic rings. The molecule has 0 radical (unpaired) electrons. The summed E-state index contributed by atoms with van der Waals surface area (Å²) in [5.41, 5.74) is 2.54. The Bertz CT molecular complexity index is 743. The van der Waals surface area contributed by atoms with E-state index in [1.807, 2.05) is 50.2 Å². The van der Waals surface area contributed by atoms with Gasteiger partial charge in [-0.3, -0.25) is 4.72 Å². The molecule has 124 valence electrons. The molecule has 0 amide bonds. The van der Waals surface area contributed by atoms with Gasteiger partial charge >= 0.3 is 0 Å². The highest BCUT2D eigenvalue weighted by molar-refractivity contribution is 7.92. The molecular formula is C17H22N2O3S. The Labute approximate surface area is 137 Å². The van der Waals surface area contributed by atoms with Gasteiger partial charge in [-0.15, -0.1) is 0 Å². The summed E-state index contributed by atoms with van der Waals surface area (Å²) in [6.45, 7) is 4.61. The maximum Gasteiger partial charge on any atom is 0.229 e. The molecule has 0 spiro atoms. The summed E-state index contributed by atoms with van der Waals surface area (Å²) in [7, 11) is -3.25. The van der Waals surface area contributed by atoms with Crippen molar-refractivity contribution < 1.29 is 13.2 Å². The molecule has 0 bridgehead atoms. The summed E-state index contributed by atoms with van der Waals surface area (Å²) in [6, 6.07) is 15.2. The molecule has 23 heavy (non-hydrogen) atoms. The van der Waals surface area contributed by atoms with E-state index in [0.717, 1.165) is 23.3 Å². The lowest BCUT2D eigenvalue weighted by atomic mass is 10.1. The van der Waals surface area contributed by atoms with E-state index in [1.165, 1.54) is 0 Å². The van der Waals surface area contributed by atoms with Gasteiger partial charge in [0.15, 0.2) is 0 Å². The van der Waals surface area contributed by atoms with Crippen molar-refractivity contribution in [2.75, 3.05) is 22.9 Å². The van der Waals surface area contributed by atoms with Crippen LogP contribution in [0.15, 0.2) is 48.5 Å². The van der Waals surface area contributed by atoms with E-state index in [2.05, 4.69) is 10.0 Å². The van der Waals surface area contributed by atoms with E-state index in [1.54, 1.807) is 12.1 Å². The molecule has 0 aromatic heterocycles. The van der Waals surface area contributed by atoms with Crippen LogP contribution in [0.3, 0.4) is 0 Å². The molecule has 2 rings (SSSR count). The predicted molar refractivity (Wildman–Crippen MR) is 94.6 cm³/mol. The summed E-state index contributed by atoms with van der Waals surface area (Å²) < 4.78 is 30.5. The fourth-order valence-corrected chi connectivity index (χ4v) is 2.80. The van der Waals surface area contributed by atoms with Crippen molar-refractivity contribution in [2.24, 2.45) is 0 Å². The summed E-state index contributed by atoms with van der Waals surface area (Å²) in [4.78, 5) is 0. The second-order valence-corrected chi connectivity index (χ2v) is 7.04. The number of hydrogen-bond acceptors (Lipinski definition) is 4. The van der Waals surface area contributed by atoms with Gasteiger partial charge in [-0.1, -0.05) is 24.3 Å². The average Bonchev–Trinajstić information content (AvgIpc) is 2.48. The second-order valence-electron chi connectivity index (χ2n) is 5.29. The van der Waals surface area contributed by atoms with Gasteiger partial charge < -0.3 is 10.1 Å². The Morgan fingerprint density at radius 1 is 1.09 bits per heavy atom. The highest BCUT2D eigenvalue weighted by Gasteiger charge is 2.09. The van der Waals surface area contributed by atoms with Gasteiger partial charge in [0.2, 0.25) is 10.0 Å². The summed E-state index contributed by atoms with van der Waals surface area (Å²) in [5.74, 6) is 0.817. The monoisotopic (exact) mass is 334 g/mol. The van der Waals surface area contributed by atoms with E-state index < -0.39 is 10.0 Å². The molecule has 0 fully saturated rings. The second kappa shape index (κ2) is 7.37. The minimum atomic E-state index is -3.25. The lowest BCUT2D eigenvalue weighted by Crippen LogP contribution is -2.10. The molecule has 0 aliphatic rings. The first-order valence-corrected chi connectivity index (χ1v) is 9.34. The number of rotatable bonds is 7. The van der Waals surface area contributed by atoms with Crippen LogP contribution >= 0.6 is 0 Å². The Kier molecular flexibility index (Phi) is 5.50.